The number of hydrogen-bond acceptors (Lipinski definition) is 5. The zero-order valence-electron chi connectivity index (χ0n) is 24.8. The van der Waals surface area contributed by atoms with Gasteiger partial charge in [-0.3, -0.25) is 0 Å². The lowest BCUT2D eigenvalue weighted by atomic mass is 9.84. The summed E-state index contributed by atoms with van der Waals surface area (Å²) in [5.74, 6) is -0.463. The van der Waals surface area contributed by atoms with Gasteiger partial charge in [0.25, 0.3) is 0 Å². The standard InChI is InChI=1S/C38H33NO5S/c1-43-29-22-20-28(21-23-29)38(26-12-4-2-5-13-26,27-14-6-3-7-15-27)45-25-35(36(40)41)39-37(42)44-24-34-32-18-10-8-16-30(32)31-17-9-11-19-33(31)34/h2-23,34-35H,24-25H2,1H3,(H,39,42)(H,40,41)/t35-/m0/s1. The fourth-order valence-electron chi connectivity index (χ4n) is 6.09. The third kappa shape index (κ3) is 6.04. The molecule has 0 saturated heterocycles. The van der Waals surface area contributed by atoms with Crippen molar-refractivity contribution in [2.45, 2.75) is 16.7 Å². The minimum atomic E-state index is -1.20. The Kier molecular flexibility index (Phi) is 8.89. The summed E-state index contributed by atoms with van der Waals surface area (Å²) in [6, 6.07) is 42.8. The Balaban J connectivity index is 1.25. The van der Waals surface area contributed by atoms with Crippen molar-refractivity contribution in [3.05, 3.63) is 161 Å². The van der Waals surface area contributed by atoms with Crippen molar-refractivity contribution >= 4 is 23.8 Å². The number of methoxy groups -OCH3 is 1. The summed E-state index contributed by atoms with van der Waals surface area (Å²) in [7, 11) is 1.62. The molecule has 0 bridgehead atoms. The monoisotopic (exact) mass is 615 g/mol. The van der Waals surface area contributed by atoms with Gasteiger partial charge in [0.1, 0.15) is 18.4 Å². The van der Waals surface area contributed by atoms with Crippen LogP contribution < -0.4 is 10.1 Å². The van der Waals surface area contributed by atoms with E-state index in [2.05, 4.69) is 17.4 Å². The predicted molar refractivity (Wildman–Crippen MR) is 178 cm³/mol. The molecule has 6 nitrogen and oxygen atoms in total. The second kappa shape index (κ2) is 13.3. The van der Waals surface area contributed by atoms with Crippen LogP contribution in [-0.2, 0) is 14.3 Å². The number of benzene rings is 5. The lowest BCUT2D eigenvalue weighted by Crippen LogP contribution is -2.44. The number of rotatable bonds is 11. The molecule has 0 spiro atoms. The summed E-state index contributed by atoms with van der Waals surface area (Å²) in [5.41, 5.74) is 7.35. The first-order valence-corrected chi connectivity index (χ1v) is 15.7. The average Bonchev–Trinajstić information content (AvgIpc) is 3.41. The molecule has 1 amide bonds. The van der Waals surface area contributed by atoms with Crippen molar-refractivity contribution in [2.75, 3.05) is 19.5 Å². The number of hydrogen-bond donors (Lipinski definition) is 2. The fourth-order valence-corrected chi connectivity index (χ4v) is 7.64. The highest BCUT2D eigenvalue weighted by molar-refractivity contribution is 8.00. The number of carboxylic acid groups (broad SMARTS) is 1. The molecule has 0 aromatic heterocycles. The number of carboxylic acids is 1. The molecule has 226 valence electrons. The molecule has 0 radical (unpaired) electrons. The lowest BCUT2D eigenvalue weighted by molar-refractivity contribution is -0.138. The predicted octanol–water partition coefficient (Wildman–Crippen LogP) is 7.71. The number of ether oxygens (including phenoxy) is 2. The number of carbonyl (C=O) groups excluding carboxylic acids is 1. The molecule has 1 atom stereocenters. The van der Waals surface area contributed by atoms with Crippen molar-refractivity contribution in [1.82, 2.24) is 5.32 Å². The average molecular weight is 616 g/mol. The number of amides is 1. The summed E-state index contributed by atoms with van der Waals surface area (Å²) < 4.78 is 10.3. The second-order valence-electron chi connectivity index (χ2n) is 10.8. The summed E-state index contributed by atoms with van der Waals surface area (Å²) >= 11 is 1.45. The highest BCUT2D eigenvalue weighted by Gasteiger charge is 2.39. The maximum absolute atomic E-state index is 13.1. The molecule has 0 unspecified atom stereocenters. The Hall–Kier alpha value is -5.01. The first-order chi connectivity index (χ1) is 22.0. The Morgan fingerprint density at radius 2 is 1.22 bits per heavy atom. The molecule has 5 aromatic carbocycles. The van der Waals surface area contributed by atoms with Crippen molar-refractivity contribution in [1.29, 1.82) is 0 Å². The number of carbonyl (C=O) groups is 2. The molecular weight excluding hydrogens is 582 g/mol. The summed E-state index contributed by atoms with van der Waals surface area (Å²) in [5, 5.41) is 12.9. The van der Waals surface area contributed by atoms with E-state index in [-0.39, 0.29) is 18.3 Å². The van der Waals surface area contributed by atoms with Gasteiger partial charge in [-0.2, -0.15) is 0 Å². The van der Waals surface area contributed by atoms with Crippen LogP contribution in [-0.4, -0.2) is 42.7 Å². The normalized spacial score (nSPS) is 12.9. The number of fused-ring (bicyclic) bond motifs is 3. The first kappa shape index (κ1) is 30.0. The number of alkyl carbamates (subject to hydrolysis) is 1. The maximum Gasteiger partial charge on any atom is 0.407 e. The van der Waals surface area contributed by atoms with Gasteiger partial charge in [-0.1, -0.05) is 121 Å². The molecule has 45 heavy (non-hydrogen) atoms. The maximum atomic E-state index is 13.1. The lowest BCUT2D eigenvalue weighted by Gasteiger charge is -2.36. The molecule has 0 heterocycles. The minimum absolute atomic E-state index is 0.0787. The second-order valence-corrected chi connectivity index (χ2v) is 12.0. The van der Waals surface area contributed by atoms with Crippen LogP contribution in [0, 0.1) is 0 Å². The van der Waals surface area contributed by atoms with Crippen LogP contribution in [0.15, 0.2) is 133 Å². The Bertz CT molecular complexity index is 1690. The zero-order valence-corrected chi connectivity index (χ0v) is 25.6. The van der Waals surface area contributed by atoms with Gasteiger partial charge in [-0.15, -0.1) is 11.8 Å². The Morgan fingerprint density at radius 3 is 1.73 bits per heavy atom. The van der Waals surface area contributed by atoms with Crippen LogP contribution in [0.1, 0.15) is 33.7 Å². The van der Waals surface area contributed by atoms with Crippen molar-refractivity contribution in [3.8, 4) is 16.9 Å². The highest BCUT2D eigenvalue weighted by Crippen LogP contribution is 2.49. The van der Waals surface area contributed by atoms with Crippen LogP contribution in [0.3, 0.4) is 0 Å². The molecule has 0 saturated carbocycles. The van der Waals surface area contributed by atoms with E-state index in [1.165, 1.54) is 11.8 Å². The van der Waals surface area contributed by atoms with Crippen molar-refractivity contribution in [2.24, 2.45) is 0 Å². The van der Waals surface area contributed by atoms with E-state index in [9.17, 15) is 14.7 Å². The van der Waals surface area contributed by atoms with Gasteiger partial charge >= 0.3 is 12.1 Å². The van der Waals surface area contributed by atoms with E-state index in [1.54, 1.807) is 7.11 Å². The van der Waals surface area contributed by atoms with E-state index in [0.29, 0.717) is 0 Å². The molecule has 2 N–H and O–H groups in total. The quantitative estimate of drug-likeness (QED) is 0.148. The van der Waals surface area contributed by atoms with Gasteiger partial charge in [-0.25, -0.2) is 9.59 Å². The summed E-state index contributed by atoms with van der Waals surface area (Å²) in [6.07, 6.45) is -0.765. The summed E-state index contributed by atoms with van der Waals surface area (Å²) in [6.45, 7) is 0.100. The van der Waals surface area contributed by atoms with Crippen LogP contribution in [0.25, 0.3) is 11.1 Å². The van der Waals surface area contributed by atoms with E-state index in [0.717, 1.165) is 44.7 Å². The highest BCUT2D eigenvalue weighted by atomic mass is 32.2. The molecule has 5 aromatic rings. The Labute approximate surface area is 267 Å². The van der Waals surface area contributed by atoms with Gasteiger partial charge in [0.05, 0.1) is 11.9 Å². The smallest absolute Gasteiger partial charge is 0.407 e. The third-order valence-corrected chi connectivity index (χ3v) is 9.90. The van der Waals surface area contributed by atoms with Gasteiger partial charge in [-0.05, 0) is 51.1 Å². The van der Waals surface area contributed by atoms with E-state index < -0.39 is 22.9 Å². The molecule has 6 rings (SSSR count). The van der Waals surface area contributed by atoms with Crippen LogP contribution in [0.4, 0.5) is 4.79 Å². The van der Waals surface area contributed by atoms with Crippen molar-refractivity contribution < 1.29 is 24.2 Å². The van der Waals surface area contributed by atoms with Gasteiger partial charge in [0.15, 0.2) is 0 Å². The van der Waals surface area contributed by atoms with Crippen LogP contribution >= 0.6 is 11.8 Å². The molecular formula is C38H33NO5S. The van der Waals surface area contributed by atoms with Gasteiger partial charge in [0, 0.05) is 11.7 Å². The van der Waals surface area contributed by atoms with E-state index in [1.807, 2.05) is 121 Å². The third-order valence-electron chi connectivity index (χ3n) is 8.26. The molecule has 7 heteroatoms. The van der Waals surface area contributed by atoms with E-state index >= 15 is 0 Å². The molecule has 1 aliphatic carbocycles. The zero-order chi connectivity index (χ0) is 31.2. The number of nitrogens with one attached hydrogen (secondary N) is 1. The SMILES string of the molecule is COc1ccc(C(SC[C@H](NC(=O)OCC2c3ccccc3-c3ccccc32)C(=O)O)(c2ccccc2)c2ccccc2)cc1. The van der Waals surface area contributed by atoms with Crippen LogP contribution in [0.2, 0.25) is 0 Å². The van der Waals surface area contributed by atoms with Gasteiger partial charge < -0.3 is 19.9 Å². The number of aliphatic carboxylic acids is 1. The first-order valence-electron chi connectivity index (χ1n) is 14.7. The van der Waals surface area contributed by atoms with Crippen molar-refractivity contribution in [3.63, 3.8) is 0 Å². The Morgan fingerprint density at radius 1 is 0.733 bits per heavy atom. The topological polar surface area (TPSA) is 84.9 Å². The van der Waals surface area contributed by atoms with Crippen LogP contribution in [0.5, 0.6) is 5.75 Å². The minimum Gasteiger partial charge on any atom is -0.497 e. The van der Waals surface area contributed by atoms with Gasteiger partial charge in [0.2, 0.25) is 0 Å². The molecule has 0 aliphatic heterocycles. The molecule has 1 aliphatic rings. The largest absolute Gasteiger partial charge is 0.497 e. The van der Waals surface area contributed by atoms with E-state index in [4.69, 9.17) is 9.47 Å². The number of thioether (sulfide) groups is 1. The fraction of sp³-hybridized carbons (Fsp3) is 0.158. The molecule has 0 fully saturated rings. The summed E-state index contributed by atoms with van der Waals surface area (Å²) in [4.78, 5) is 25.7.